The van der Waals surface area contributed by atoms with Gasteiger partial charge < -0.3 is 15.8 Å². The molecule has 0 bridgehead atoms. The molecule has 27 heavy (non-hydrogen) atoms. The molecular weight excluding hydrogens is 350 g/mol. The molecular formula is C19H21N3O5. The number of nitro benzene ring substituents is 1. The Morgan fingerprint density at radius 3 is 2.52 bits per heavy atom. The second kappa shape index (κ2) is 8.31. The second-order valence-electron chi connectivity index (χ2n) is 6.24. The van der Waals surface area contributed by atoms with Gasteiger partial charge in [0.2, 0.25) is 0 Å². The van der Waals surface area contributed by atoms with E-state index in [4.69, 9.17) is 10.5 Å². The number of nitrogen functional groups attached to an aromatic ring is 1. The minimum absolute atomic E-state index is 0.0501. The van der Waals surface area contributed by atoms with Gasteiger partial charge in [-0.1, -0.05) is 18.2 Å². The van der Waals surface area contributed by atoms with Crippen LogP contribution in [0.5, 0.6) is 0 Å². The van der Waals surface area contributed by atoms with Crippen molar-refractivity contribution in [2.45, 2.75) is 26.8 Å². The van der Waals surface area contributed by atoms with Crippen molar-refractivity contribution in [2.75, 3.05) is 12.3 Å². The number of hydrogen-bond donors (Lipinski definition) is 2. The third-order valence-corrected chi connectivity index (χ3v) is 4.21. The summed E-state index contributed by atoms with van der Waals surface area (Å²) >= 11 is 0. The van der Waals surface area contributed by atoms with Gasteiger partial charge in [0.25, 0.3) is 11.6 Å². The second-order valence-corrected chi connectivity index (χ2v) is 6.24. The monoisotopic (exact) mass is 371 g/mol. The summed E-state index contributed by atoms with van der Waals surface area (Å²) in [7, 11) is 0. The summed E-state index contributed by atoms with van der Waals surface area (Å²) in [5.41, 5.74) is 8.19. The van der Waals surface area contributed by atoms with Gasteiger partial charge in [-0.15, -0.1) is 0 Å². The fourth-order valence-electron chi connectivity index (χ4n) is 2.44. The zero-order chi connectivity index (χ0) is 20.1. The molecule has 142 valence electrons. The third kappa shape index (κ3) is 5.04. The molecule has 1 amide bonds. The molecule has 0 saturated heterocycles. The molecule has 2 aromatic rings. The molecule has 0 saturated carbocycles. The van der Waals surface area contributed by atoms with Crippen LogP contribution >= 0.6 is 0 Å². The van der Waals surface area contributed by atoms with Crippen molar-refractivity contribution in [1.82, 2.24) is 5.32 Å². The minimum Gasteiger partial charge on any atom is -0.452 e. The van der Waals surface area contributed by atoms with E-state index in [1.165, 1.54) is 12.1 Å². The lowest BCUT2D eigenvalue weighted by Crippen LogP contribution is -2.31. The quantitative estimate of drug-likeness (QED) is 0.348. The Hall–Kier alpha value is -3.42. The highest BCUT2D eigenvalue weighted by molar-refractivity contribution is 5.92. The molecule has 3 N–H and O–H groups in total. The number of nitro groups is 1. The summed E-state index contributed by atoms with van der Waals surface area (Å²) in [5.74, 6) is -1.31. The van der Waals surface area contributed by atoms with Crippen molar-refractivity contribution in [1.29, 1.82) is 0 Å². The van der Waals surface area contributed by atoms with Crippen LogP contribution in [0.15, 0.2) is 36.4 Å². The number of carbonyl (C=O) groups excluding carboxylic acids is 2. The first-order chi connectivity index (χ1) is 12.7. The molecule has 8 heteroatoms. The van der Waals surface area contributed by atoms with Crippen LogP contribution in [0.25, 0.3) is 0 Å². The summed E-state index contributed by atoms with van der Waals surface area (Å²) in [4.78, 5) is 34.2. The van der Waals surface area contributed by atoms with Crippen LogP contribution in [0.2, 0.25) is 0 Å². The van der Waals surface area contributed by atoms with E-state index in [0.717, 1.165) is 22.8 Å². The number of esters is 1. The lowest BCUT2D eigenvalue weighted by molar-refractivity contribution is -0.383. The van der Waals surface area contributed by atoms with Crippen LogP contribution in [0.1, 0.15) is 40.0 Å². The number of anilines is 1. The number of ether oxygens (including phenoxy) is 1. The SMILES string of the molecule is Cc1ccc(C(C)NC(=O)COC(=O)c2ccc(N)c([N+](=O)[O-])c2)cc1C. The molecule has 0 heterocycles. The van der Waals surface area contributed by atoms with Crippen LogP contribution in [0, 0.1) is 24.0 Å². The first kappa shape index (κ1) is 19.9. The molecule has 0 fully saturated rings. The van der Waals surface area contributed by atoms with E-state index in [-0.39, 0.29) is 17.3 Å². The van der Waals surface area contributed by atoms with E-state index in [0.29, 0.717) is 0 Å². The van der Waals surface area contributed by atoms with Crippen molar-refractivity contribution >= 4 is 23.3 Å². The standard InChI is InChI=1S/C19H21N3O5/c1-11-4-5-14(8-12(11)2)13(3)21-18(23)10-27-19(24)15-6-7-16(20)17(9-15)22(25)26/h4-9,13H,10,20H2,1-3H3,(H,21,23). The third-order valence-electron chi connectivity index (χ3n) is 4.21. The Kier molecular flexibility index (Phi) is 6.12. The summed E-state index contributed by atoms with van der Waals surface area (Å²) < 4.78 is 4.93. The van der Waals surface area contributed by atoms with Crippen LogP contribution in [0.3, 0.4) is 0 Å². The van der Waals surface area contributed by atoms with Crippen LogP contribution in [0.4, 0.5) is 11.4 Å². The highest BCUT2D eigenvalue weighted by atomic mass is 16.6. The molecule has 2 rings (SSSR count). The minimum atomic E-state index is -0.841. The Bertz CT molecular complexity index is 895. The van der Waals surface area contributed by atoms with E-state index < -0.39 is 29.1 Å². The summed E-state index contributed by atoms with van der Waals surface area (Å²) in [6.45, 7) is 5.32. The van der Waals surface area contributed by atoms with Crippen LogP contribution < -0.4 is 11.1 Å². The van der Waals surface area contributed by atoms with Gasteiger partial charge in [0.1, 0.15) is 5.69 Å². The largest absolute Gasteiger partial charge is 0.452 e. The normalized spacial score (nSPS) is 11.5. The number of hydrogen-bond acceptors (Lipinski definition) is 6. The van der Waals surface area contributed by atoms with Crippen molar-refractivity contribution in [3.8, 4) is 0 Å². The molecule has 1 atom stereocenters. The molecule has 0 aromatic heterocycles. The lowest BCUT2D eigenvalue weighted by Gasteiger charge is -2.15. The fourth-order valence-corrected chi connectivity index (χ4v) is 2.44. The fraction of sp³-hybridized carbons (Fsp3) is 0.263. The summed E-state index contributed by atoms with van der Waals surface area (Å²) in [6, 6.07) is 9.20. The van der Waals surface area contributed by atoms with Gasteiger partial charge in [0.05, 0.1) is 16.5 Å². The molecule has 8 nitrogen and oxygen atoms in total. The number of aryl methyl sites for hydroxylation is 2. The Balaban J connectivity index is 1.94. The highest BCUT2D eigenvalue weighted by Crippen LogP contribution is 2.22. The number of nitrogens with two attached hydrogens (primary N) is 1. The molecule has 0 aliphatic carbocycles. The van der Waals surface area contributed by atoms with Crippen molar-refractivity contribution < 1.29 is 19.2 Å². The van der Waals surface area contributed by atoms with Gasteiger partial charge in [-0.2, -0.15) is 0 Å². The highest BCUT2D eigenvalue weighted by Gasteiger charge is 2.18. The lowest BCUT2D eigenvalue weighted by atomic mass is 10.0. The maximum atomic E-state index is 12.0. The Morgan fingerprint density at radius 1 is 1.19 bits per heavy atom. The van der Waals surface area contributed by atoms with Crippen LogP contribution in [-0.2, 0) is 9.53 Å². The maximum absolute atomic E-state index is 12.0. The van der Waals surface area contributed by atoms with Gasteiger partial charge in [-0.25, -0.2) is 4.79 Å². The van der Waals surface area contributed by atoms with Gasteiger partial charge >= 0.3 is 5.97 Å². The smallest absolute Gasteiger partial charge is 0.338 e. The van der Waals surface area contributed by atoms with E-state index >= 15 is 0 Å². The zero-order valence-corrected chi connectivity index (χ0v) is 15.3. The molecule has 0 aliphatic rings. The van der Waals surface area contributed by atoms with Crippen molar-refractivity contribution in [3.05, 3.63) is 68.8 Å². The number of carbonyl (C=O) groups is 2. The van der Waals surface area contributed by atoms with E-state index in [1.54, 1.807) is 0 Å². The van der Waals surface area contributed by atoms with Gasteiger partial charge in [-0.05, 0) is 49.6 Å². The summed E-state index contributed by atoms with van der Waals surface area (Å²) in [6.07, 6.45) is 0. The molecule has 0 spiro atoms. The van der Waals surface area contributed by atoms with E-state index in [2.05, 4.69) is 5.32 Å². The number of rotatable bonds is 6. The topological polar surface area (TPSA) is 125 Å². The summed E-state index contributed by atoms with van der Waals surface area (Å²) in [5, 5.41) is 13.6. The first-order valence-corrected chi connectivity index (χ1v) is 8.26. The molecule has 2 aromatic carbocycles. The molecule has 0 radical (unpaired) electrons. The molecule has 0 aliphatic heterocycles. The van der Waals surface area contributed by atoms with E-state index in [1.807, 2.05) is 39.0 Å². The predicted octanol–water partition coefficient (Wildman–Crippen LogP) is 2.83. The number of nitrogens with zero attached hydrogens (tertiary/aromatic N) is 1. The number of benzene rings is 2. The van der Waals surface area contributed by atoms with Crippen molar-refractivity contribution in [2.24, 2.45) is 0 Å². The van der Waals surface area contributed by atoms with Gasteiger partial charge in [0, 0.05) is 6.07 Å². The van der Waals surface area contributed by atoms with E-state index in [9.17, 15) is 19.7 Å². The van der Waals surface area contributed by atoms with Gasteiger partial charge in [-0.3, -0.25) is 14.9 Å². The average molecular weight is 371 g/mol. The van der Waals surface area contributed by atoms with Crippen molar-refractivity contribution in [3.63, 3.8) is 0 Å². The Morgan fingerprint density at radius 2 is 1.89 bits per heavy atom. The number of amides is 1. The predicted molar refractivity (Wildman–Crippen MR) is 100 cm³/mol. The first-order valence-electron chi connectivity index (χ1n) is 8.26. The Labute approximate surface area is 156 Å². The average Bonchev–Trinajstić information content (AvgIpc) is 2.62. The maximum Gasteiger partial charge on any atom is 0.338 e. The zero-order valence-electron chi connectivity index (χ0n) is 15.3. The van der Waals surface area contributed by atoms with Crippen LogP contribution in [-0.4, -0.2) is 23.4 Å². The number of nitrogens with one attached hydrogen (secondary N) is 1. The van der Waals surface area contributed by atoms with Gasteiger partial charge in [0.15, 0.2) is 6.61 Å². The molecule has 1 unspecified atom stereocenters.